The van der Waals surface area contributed by atoms with Crippen molar-refractivity contribution >= 4 is 34.4 Å². The van der Waals surface area contributed by atoms with E-state index in [4.69, 9.17) is 36.4 Å². The van der Waals surface area contributed by atoms with E-state index in [1.165, 1.54) is 0 Å². The number of morpholine rings is 1. The molecule has 0 radical (unpaired) electrons. The highest BCUT2D eigenvalue weighted by Crippen LogP contribution is 2.29. The highest BCUT2D eigenvalue weighted by atomic mass is 32.1. The van der Waals surface area contributed by atoms with Crippen LogP contribution in [0.1, 0.15) is 11.4 Å². The molecule has 0 unspecified atom stereocenters. The monoisotopic (exact) mass is 408 g/mol. The summed E-state index contributed by atoms with van der Waals surface area (Å²) in [6.45, 7) is 4.40. The molecule has 0 N–H and O–H groups in total. The first-order valence-corrected chi connectivity index (χ1v) is 9.50. The minimum Gasteiger partial charge on any atom is -0.378 e. The predicted octanol–water partition coefficient (Wildman–Crippen LogP) is 1.75. The topological polar surface area (TPSA) is 108 Å². The first kappa shape index (κ1) is 17.8. The summed E-state index contributed by atoms with van der Waals surface area (Å²) in [5.41, 5.74) is 2.54. The van der Waals surface area contributed by atoms with Gasteiger partial charge in [-0.2, -0.15) is 9.97 Å². The average molecular weight is 408 g/mol. The van der Waals surface area contributed by atoms with Crippen molar-refractivity contribution in [1.82, 2.24) is 34.6 Å². The zero-order valence-corrected chi connectivity index (χ0v) is 16.3. The quantitative estimate of drug-likeness (QED) is 0.463. The van der Waals surface area contributed by atoms with Gasteiger partial charge in [-0.05, 0) is 13.0 Å². The number of aromatic nitrogens is 7. The van der Waals surface area contributed by atoms with Crippen molar-refractivity contribution in [2.45, 2.75) is 6.92 Å². The van der Waals surface area contributed by atoms with Crippen LogP contribution in [0, 0.1) is 6.92 Å². The van der Waals surface area contributed by atoms with E-state index in [2.05, 4.69) is 20.0 Å². The van der Waals surface area contributed by atoms with Crippen LogP contribution in [0.15, 0.2) is 29.3 Å². The number of ether oxygens (including phenoxy) is 1. The maximum atomic E-state index is 5.50. The summed E-state index contributed by atoms with van der Waals surface area (Å²) in [5, 5.41) is 5.43. The Morgan fingerprint density at radius 1 is 1.10 bits per heavy atom. The summed E-state index contributed by atoms with van der Waals surface area (Å²) in [6.07, 6.45) is 5.13. The standard InChI is InChI=1S/C18H16N8O2S/c1-11-20-17(28-24-11)13-8-12(9-29)14-15(21-13)16(25-4-6-27-7-5-25)23-18(22-14)26-3-2-19-10-26/h2-3,8-10H,4-7H2,1H3. The Hall–Kier alpha value is -3.31. The number of anilines is 1. The Morgan fingerprint density at radius 3 is 2.66 bits per heavy atom. The number of rotatable bonds is 4. The minimum absolute atomic E-state index is 0.328. The first-order chi connectivity index (χ1) is 14.2. The number of hydrogen-bond acceptors (Lipinski definition) is 10. The van der Waals surface area contributed by atoms with Crippen molar-refractivity contribution in [1.29, 1.82) is 0 Å². The molecule has 5 rings (SSSR count). The van der Waals surface area contributed by atoms with E-state index >= 15 is 0 Å². The highest BCUT2D eigenvalue weighted by Gasteiger charge is 2.22. The second kappa shape index (κ2) is 7.26. The lowest BCUT2D eigenvalue weighted by molar-refractivity contribution is 0.122. The largest absolute Gasteiger partial charge is 0.378 e. The smallest absolute Gasteiger partial charge is 0.276 e. The van der Waals surface area contributed by atoms with Crippen LogP contribution < -0.4 is 4.90 Å². The maximum Gasteiger partial charge on any atom is 0.276 e. The van der Waals surface area contributed by atoms with Crippen LogP contribution in [-0.4, -0.2) is 66.3 Å². The van der Waals surface area contributed by atoms with Crippen LogP contribution in [0.4, 0.5) is 5.82 Å². The molecule has 1 fully saturated rings. The van der Waals surface area contributed by atoms with Crippen molar-refractivity contribution in [2.75, 3.05) is 31.2 Å². The van der Waals surface area contributed by atoms with E-state index in [-0.39, 0.29) is 0 Å². The number of hydrogen-bond donors (Lipinski definition) is 0. The third kappa shape index (κ3) is 3.23. The van der Waals surface area contributed by atoms with Gasteiger partial charge in [0, 0.05) is 36.4 Å². The number of thiocarbonyl (C=S) groups is 1. The van der Waals surface area contributed by atoms with Gasteiger partial charge in [0.15, 0.2) is 11.6 Å². The van der Waals surface area contributed by atoms with E-state index in [0.717, 1.165) is 5.56 Å². The second-order valence-electron chi connectivity index (χ2n) is 6.48. The summed E-state index contributed by atoms with van der Waals surface area (Å²) >= 11 is 5.27. The molecule has 0 amide bonds. The van der Waals surface area contributed by atoms with Crippen LogP contribution in [0.25, 0.3) is 28.6 Å². The summed E-state index contributed by atoms with van der Waals surface area (Å²) in [4.78, 5) is 24.8. The lowest BCUT2D eigenvalue weighted by Crippen LogP contribution is -2.37. The number of fused-ring (bicyclic) bond motifs is 1. The van der Waals surface area contributed by atoms with Gasteiger partial charge in [-0.25, -0.2) is 15.0 Å². The molecule has 29 heavy (non-hydrogen) atoms. The van der Waals surface area contributed by atoms with Gasteiger partial charge in [0.2, 0.25) is 5.95 Å². The van der Waals surface area contributed by atoms with E-state index in [1.807, 2.05) is 0 Å². The van der Waals surface area contributed by atoms with Gasteiger partial charge in [0.1, 0.15) is 23.1 Å². The molecule has 0 aromatic carbocycles. The summed E-state index contributed by atoms with van der Waals surface area (Å²) in [7, 11) is 0. The fraction of sp³-hybridized carbons (Fsp3) is 0.278. The molecular formula is C18H16N8O2S. The van der Waals surface area contributed by atoms with Crippen LogP contribution in [0.3, 0.4) is 0 Å². The van der Waals surface area contributed by atoms with Gasteiger partial charge in [-0.1, -0.05) is 17.4 Å². The second-order valence-corrected chi connectivity index (χ2v) is 6.71. The van der Waals surface area contributed by atoms with E-state index in [0.29, 0.717) is 66.5 Å². The number of aryl methyl sites for hydroxylation is 1. The van der Waals surface area contributed by atoms with Gasteiger partial charge in [-0.15, -0.1) is 0 Å². The van der Waals surface area contributed by atoms with Gasteiger partial charge in [-0.3, -0.25) is 4.57 Å². The molecule has 0 aliphatic carbocycles. The fourth-order valence-electron chi connectivity index (χ4n) is 3.19. The Bertz CT molecular complexity index is 1180. The molecule has 146 valence electrons. The average Bonchev–Trinajstić information content (AvgIpc) is 3.45. The highest BCUT2D eigenvalue weighted by molar-refractivity contribution is 7.79. The van der Waals surface area contributed by atoms with Gasteiger partial charge in [0.05, 0.1) is 13.2 Å². The van der Waals surface area contributed by atoms with Crippen LogP contribution >= 0.6 is 12.2 Å². The third-order valence-corrected chi connectivity index (χ3v) is 4.83. The Morgan fingerprint density at radius 2 is 1.97 bits per heavy atom. The molecule has 4 aromatic heterocycles. The first-order valence-electron chi connectivity index (χ1n) is 9.02. The summed E-state index contributed by atoms with van der Waals surface area (Å²) < 4.78 is 12.6. The molecule has 1 saturated heterocycles. The van der Waals surface area contributed by atoms with Crippen LogP contribution in [0.5, 0.6) is 0 Å². The molecule has 1 aliphatic heterocycles. The van der Waals surface area contributed by atoms with Crippen molar-refractivity contribution in [3.05, 3.63) is 36.2 Å². The van der Waals surface area contributed by atoms with Gasteiger partial charge < -0.3 is 14.2 Å². The summed E-state index contributed by atoms with van der Waals surface area (Å²) in [5.74, 6) is 2.07. The molecular weight excluding hydrogens is 392 g/mol. The fourth-order valence-corrected chi connectivity index (χ4v) is 3.37. The zero-order chi connectivity index (χ0) is 19.8. The van der Waals surface area contributed by atoms with Crippen molar-refractivity contribution in [2.24, 2.45) is 0 Å². The molecule has 5 heterocycles. The predicted molar refractivity (Wildman–Crippen MR) is 108 cm³/mol. The van der Waals surface area contributed by atoms with Crippen molar-refractivity contribution in [3.8, 4) is 17.5 Å². The van der Waals surface area contributed by atoms with E-state index < -0.39 is 0 Å². The van der Waals surface area contributed by atoms with Crippen molar-refractivity contribution < 1.29 is 9.26 Å². The Labute approximate surface area is 170 Å². The molecule has 0 saturated carbocycles. The zero-order valence-electron chi connectivity index (χ0n) is 15.5. The van der Waals surface area contributed by atoms with Gasteiger partial charge in [0.25, 0.3) is 5.89 Å². The lowest BCUT2D eigenvalue weighted by Gasteiger charge is -2.28. The molecule has 10 nitrogen and oxygen atoms in total. The maximum absolute atomic E-state index is 5.50. The van der Waals surface area contributed by atoms with E-state index in [9.17, 15) is 0 Å². The minimum atomic E-state index is 0.328. The lowest BCUT2D eigenvalue weighted by atomic mass is 10.2. The normalized spacial score (nSPS) is 14.4. The third-order valence-electron chi connectivity index (χ3n) is 4.57. The molecule has 4 aromatic rings. The molecule has 0 atom stereocenters. The van der Waals surface area contributed by atoms with Gasteiger partial charge >= 0.3 is 0 Å². The number of nitrogens with zero attached hydrogens (tertiary/aromatic N) is 8. The molecule has 0 spiro atoms. The number of pyridine rings is 1. The van der Waals surface area contributed by atoms with Crippen LogP contribution in [-0.2, 0) is 4.74 Å². The molecule has 11 heteroatoms. The molecule has 1 aliphatic rings. The SMILES string of the molecule is Cc1noc(-c2cc(C=S)c3nc(-n4ccnc4)nc(N4CCOCC4)c3n2)n1. The van der Waals surface area contributed by atoms with Crippen LogP contribution in [0.2, 0.25) is 0 Å². The summed E-state index contributed by atoms with van der Waals surface area (Å²) in [6, 6.07) is 1.80. The molecule has 0 bridgehead atoms. The number of imidazole rings is 1. The van der Waals surface area contributed by atoms with Crippen molar-refractivity contribution in [3.63, 3.8) is 0 Å². The Balaban J connectivity index is 1.78. The Kier molecular flexibility index (Phi) is 4.45. The van der Waals surface area contributed by atoms with E-state index in [1.54, 1.807) is 41.6 Å².